The topological polar surface area (TPSA) is 69.8 Å². The fourth-order valence-corrected chi connectivity index (χ4v) is 1.26. The molecule has 70 valence electrons. The summed E-state index contributed by atoms with van der Waals surface area (Å²) in [7, 11) is 0. The highest BCUT2D eigenvalue weighted by Crippen LogP contribution is 2.22. The summed E-state index contributed by atoms with van der Waals surface area (Å²) < 4.78 is 0. The predicted molar refractivity (Wildman–Crippen MR) is 48.2 cm³/mol. The fraction of sp³-hybridized carbons (Fsp3) is 0.500. The molecule has 1 aromatic heterocycles. The Morgan fingerprint density at radius 2 is 2.46 bits per heavy atom. The number of rotatable bonds is 2. The molecular formula is C8H12N4O. The standard InChI is InChI=1S/C8H12N4O/c1-8(4-9-5-8)7(13)11-6-2-3-10-12-6/h2-3,9H,4-5H2,1H3,(H2,10,11,12,13). The van der Waals surface area contributed by atoms with Crippen molar-refractivity contribution in [2.24, 2.45) is 5.41 Å². The summed E-state index contributed by atoms with van der Waals surface area (Å²) in [5.41, 5.74) is -0.259. The third-order valence-corrected chi connectivity index (χ3v) is 2.33. The van der Waals surface area contributed by atoms with Crippen LogP contribution < -0.4 is 10.6 Å². The predicted octanol–water partition coefficient (Wildman–Crippen LogP) is -0.0423. The summed E-state index contributed by atoms with van der Waals surface area (Å²) in [6.07, 6.45) is 1.61. The molecule has 1 aliphatic heterocycles. The molecule has 0 unspecified atom stereocenters. The number of aromatic nitrogens is 2. The van der Waals surface area contributed by atoms with Crippen LogP contribution in [0.25, 0.3) is 0 Å². The molecule has 2 heterocycles. The summed E-state index contributed by atoms with van der Waals surface area (Å²) in [6, 6.07) is 1.73. The summed E-state index contributed by atoms with van der Waals surface area (Å²) in [6.45, 7) is 3.43. The van der Waals surface area contributed by atoms with Crippen LogP contribution in [0.5, 0.6) is 0 Å². The van der Waals surface area contributed by atoms with Crippen LogP contribution in [0.3, 0.4) is 0 Å². The van der Waals surface area contributed by atoms with E-state index in [1.54, 1.807) is 12.3 Å². The van der Waals surface area contributed by atoms with Gasteiger partial charge in [-0.05, 0) is 6.92 Å². The van der Waals surface area contributed by atoms with E-state index in [1.807, 2.05) is 6.92 Å². The van der Waals surface area contributed by atoms with Crippen molar-refractivity contribution in [2.75, 3.05) is 18.4 Å². The third-order valence-electron chi connectivity index (χ3n) is 2.33. The van der Waals surface area contributed by atoms with E-state index in [0.717, 1.165) is 13.1 Å². The van der Waals surface area contributed by atoms with Crippen molar-refractivity contribution in [2.45, 2.75) is 6.92 Å². The Bertz CT molecular complexity index is 302. The Balaban J connectivity index is 1.99. The molecule has 2 rings (SSSR count). The maximum absolute atomic E-state index is 11.6. The van der Waals surface area contributed by atoms with Gasteiger partial charge in [0.1, 0.15) is 5.82 Å². The van der Waals surface area contributed by atoms with Gasteiger partial charge in [-0.3, -0.25) is 9.89 Å². The zero-order valence-corrected chi connectivity index (χ0v) is 7.42. The minimum absolute atomic E-state index is 0.0375. The Morgan fingerprint density at radius 3 is 2.92 bits per heavy atom. The van der Waals surface area contributed by atoms with E-state index >= 15 is 0 Å². The second kappa shape index (κ2) is 2.85. The van der Waals surface area contributed by atoms with Gasteiger partial charge >= 0.3 is 0 Å². The van der Waals surface area contributed by atoms with Crippen molar-refractivity contribution >= 4 is 11.7 Å². The van der Waals surface area contributed by atoms with Crippen LogP contribution in [-0.2, 0) is 4.79 Å². The number of amides is 1. The van der Waals surface area contributed by atoms with Gasteiger partial charge in [-0.1, -0.05) is 0 Å². The zero-order chi connectivity index (χ0) is 9.31. The highest BCUT2D eigenvalue weighted by Gasteiger charge is 2.39. The lowest BCUT2D eigenvalue weighted by molar-refractivity contribution is -0.127. The Hall–Kier alpha value is -1.36. The van der Waals surface area contributed by atoms with Crippen molar-refractivity contribution in [3.8, 4) is 0 Å². The van der Waals surface area contributed by atoms with Gasteiger partial charge in [0.15, 0.2) is 0 Å². The SMILES string of the molecule is CC1(C(=O)Nc2ccn[nH]2)CNC1. The minimum atomic E-state index is -0.259. The van der Waals surface area contributed by atoms with Crippen LogP contribution in [0.2, 0.25) is 0 Å². The van der Waals surface area contributed by atoms with Crippen LogP contribution in [0.4, 0.5) is 5.82 Å². The van der Waals surface area contributed by atoms with Crippen molar-refractivity contribution in [3.05, 3.63) is 12.3 Å². The highest BCUT2D eigenvalue weighted by molar-refractivity contribution is 5.95. The van der Waals surface area contributed by atoms with Gasteiger partial charge in [0.25, 0.3) is 0 Å². The van der Waals surface area contributed by atoms with Crippen molar-refractivity contribution in [3.63, 3.8) is 0 Å². The molecule has 5 nitrogen and oxygen atoms in total. The number of aromatic amines is 1. The lowest BCUT2D eigenvalue weighted by Gasteiger charge is -2.37. The summed E-state index contributed by atoms with van der Waals surface area (Å²) in [5.74, 6) is 0.689. The molecule has 0 spiro atoms. The van der Waals surface area contributed by atoms with Crippen LogP contribution in [0.15, 0.2) is 12.3 Å². The molecule has 1 amide bonds. The van der Waals surface area contributed by atoms with Crippen LogP contribution in [-0.4, -0.2) is 29.2 Å². The largest absolute Gasteiger partial charge is 0.315 e. The van der Waals surface area contributed by atoms with Crippen molar-refractivity contribution in [1.82, 2.24) is 15.5 Å². The average Bonchev–Trinajstić information content (AvgIpc) is 2.52. The number of carbonyl (C=O) groups excluding carboxylic acids is 1. The smallest absolute Gasteiger partial charge is 0.234 e. The summed E-state index contributed by atoms with van der Waals surface area (Å²) in [4.78, 5) is 11.6. The molecule has 0 aromatic carbocycles. The van der Waals surface area contributed by atoms with Gasteiger partial charge in [0.2, 0.25) is 5.91 Å². The molecule has 0 atom stereocenters. The lowest BCUT2D eigenvalue weighted by atomic mass is 9.83. The maximum atomic E-state index is 11.6. The van der Waals surface area contributed by atoms with E-state index in [-0.39, 0.29) is 11.3 Å². The molecular weight excluding hydrogens is 168 g/mol. The van der Waals surface area contributed by atoms with Gasteiger partial charge in [0.05, 0.1) is 11.6 Å². The first-order chi connectivity index (χ1) is 6.21. The number of anilines is 1. The fourth-order valence-electron chi connectivity index (χ4n) is 1.26. The second-order valence-electron chi connectivity index (χ2n) is 3.59. The number of H-pyrrole nitrogens is 1. The van der Waals surface area contributed by atoms with Gasteiger partial charge in [-0.25, -0.2) is 0 Å². The third kappa shape index (κ3) is 1.42. The lowest BCUT2D eigenvalue weighted by Crippen LogP contribution is -2.58. The Kier molecular flexibility index (Phi) is 1.81. The minimum Gasteiger partial charge on any atom is -0.315 e. The Morgan fingerprint density at radius 1 is 1.69 bits per heavy atom. The molecule has 0 bridgehead atoms. The number of carbonyl (C=O) groups is 1. The molecule has 1 saturated heterocycles. The summed E-state index contributed by atoms with van der Waals surface area (Å²) in [5, 5.41) is 12.3. The highest BCUT2D eigenvalue weighted by atomic mass is 16.2. The number of nitrogens with zero attached hydrogens (tertiary/aromatic N) is 1. The summed E-state index contributed by atoms with van der Waals surface area (Å²) >= 11 is 0. The van der Waals surface area contributed by atoms with E-state index in [4.69, 9.17) is 0 Å². The first kappa shape index (κ1) is 8.25. The molecule has 0 aliphatic carbocycles. The normalized spacial score (nSPS) is 19.2. The van der Waals surface area contributed by atoms with E-state index in [9.17, 15) is 4.79 Å². The average molecular weight is 180 g/mol. The molecule has 1 aliphatic rings. The Labute approximate surface area is 75.9 Å². The van der Waals surface area contributed by atoms with Crippen LogP contribution in [0, 0.1) is 5.41 Å². The van der Waals surface area contributed by atoms with Gasteiger partial charge < -0.3 is 10.6 Å². The van der Waals surface area contributed by atoms with Crippen LogP contribution in [0.1, 0.15) is 6.92 Å². The number of nitrogens with one attached hydrogen (secondary N) is 3. The first-order valence-corrected chi connectivity index (χ1v) is 4.22. The van der Waals surface area contributed by atoms with Crippen molar-refractivity contribution < 1.29 is 4.79 Å². The molecule has 1 aromatic rings. The maximum Gasteiger partial charge on any atom is 0.234 e. The van der Waals surface area contributed by atoms with E-state index in [2.05, 4.69) is 20.8 Å². The van der Waals surface area contributed by atoms with E-state index in [1.165, 1.54) is 0 Å². The monoisotopic (exact) mass is 180 g/mol. The molecule has 0 radical (unpaired) electrons. The molecule has 13 heavy (non-hydrogen) atoms. The van der Waals surface area contributed by atoms with Crippen LogP contribution >= 0.6 is 0 Å². The van der Waals surface area contributed by atoms with Gasteiger partial charge in [0, 0.05) is 19.2 Å². The second-order valence-corrected chi connectivity index (χ2v) is 3.59. The van der Waals surface area contributed by atoms with Gasteiger partial charge in [-0.2, -0.15) is 5.10 Å². The first-order valence-electron chi connectivity index (χ1n) is 4.22. The molecule has 1 fully saturated rings. The zero-order valence-electron chi connectivity index (χ0n) is 7.42. The molecule has 3 N–H and O–H groups in total. The van der Waals surface area contributed by atoms with Crippen molar-refractivity contribution in [1.29, 1.82) is 0 Å². The quantitative estimate of drug-likeness (QED) is 0.598. The number of hydrogen-bond acceptors (Lipinski definition) is 3. The molecule has 0 saturated carbocycles. The van der Waals surface area contributed by atoms with E-state index < -0.39 is 0 Å². The molecule has 5 heteroatoms. The van der Waals surface area contributed by atoms with E-state index in [0.29, 0.717) is 5.82 Å². The number of hydrogen-bond donors (Lipinski definition) is 3. The van der Waals surface area contributed by atoms with Gasteiger partial charge in [-0.15, -0.1) is 0 Å².